The van der Waals surface area contributed by atoms with Gasteiger partial charge in [-0.05, 0) is 44.5 Å². The van der Waals surface area contributed by atoms with Gasteiger partial charge in [0.15, 0.2) is 0 Å². The third-order valence-corrected chi connectivity index (χ3v) is 2.98. The van der Waals surface area contributed by atoms with Crippen molar-refractivity contribution in [1.82, 2.24) is 0 Å². The van der Waals surface area contributed by atoms with Crippen molar-refractivity contribution < 1.29 is 4.43 Å². The Balaban J connectivity index is 2.58. The average Bonchev–Trinajstić information content (AvgIpc) is 2.01. The first kappa shape index (κ1) is 10.6. The number of hydrogen-bond donors (Lipinski definition) is 0. The second-order valence-electron chi connectivity index (χ2n) is 4.64. The Morgan fingerprint density at radius 2 is 2.23 bits per heavy atom. The highest BCUT2D eigenvalue weighted by Crippen LogP contribution is 2.26. The molecular weight excluding hydrogens is 176 g/mol. The van der Waals surface area contributed by atoms with Crippen LogP contribution in [0.1, 0.15) is 19.3 Å². The lowest BCUT2D eigenvalue weighted by Crippen LogP contribution is -2.25. The van der Waals surface area contributed by atoms with Gasteiger partial charge < -0.3 is 4.43 Å². The minimum atomic E-state index is -1.39. The van der Waals surface area contributed by atoms with Gasteiger partial charge in [0, 0.05) is 6.42 Å². The van der Waals surface area contributed by atoms with Gasteiger partial charge in [-0.25, -0.2) is 0 Å². The van der Waals surface area contributed by atoms with Gasteiger partial charge in [0.1, 0.15) is 0 Å². The number of rotatable bonds is 3. The molecule has 0 aromatic carbocycles. The van der Waals surface area contributed by atoms with E-state index in [9.17, 15) is 0 Å². The Morgan fingerprint density at radius 3 is 2.77 bits per heavy atom. The second kappa shape index (κ2) is 4.14. The summed E-state index contributed by atoms with van der Waals surface area (Å²) in [6.07, 6.45) is 7.87. The highest BCUT2D eigenvalue weighted by Gasteiger charge is 2.20. The molecule has 2 heteroatoms. The number of hydrogen-bond acceptors (Lipinski definition) is 1. The molecule has 1 atom stereocenters. The Hall–Kier alpha value is -0.503. The molecule has 0 heterocycles. The van der Waals surface area contributed by atoms with Crippen molar-refractivity contribution >= 4 is 8.32 Å². The van der Waals surface area contributed by atoms with Crippen molar-refractivity contribution in [3.05, 3.63) is 24.5 Å². The lowest BCUT2D eigenvalue weighted by Gasteiger charge is -2.26. The normalized spacial score (nSPS) is 23.6. The molecule has 0 saturated carbocycles. The molecule has 0 aromatic heterocycles. The van der Waals surface area contributed by atoms with Crippen molar-refractivity contribution in [2.75, 3.05) is 0 Å². The predicted octanol–water partition coefficient (Wildman–Crippen LogP) is 3.71. The molecule has 0 bridgehead atoms. The molecule has 0 saturated heterocycles. The summed E-state index contributed by atoms with van der Waals surface area (Å²) in [7, 11) is -1.39. The minimum Gasteiger partial charge on any atom is -0.548 e. The fraction of sp³-hybridized carbons (Fsp3) is 0.636. The maximum absolute atomic E-state index is 5.96. The fourth-order valence-electron chi connectivity index (χ4n) is 1.58. The quantitative estimate of drug-likeness (QED) is 0.494. The van der Waals surface area contributed by atoms with Crippen LogP contribution >= 0.6 is 0 Å². The SMILES string of the molecule is C=C[C@H]1C=C(O[Si](C)(C)C)CCC1. The second-order valence-corrected chi connectivity index (χ2v) is 9.07. The van der Waals surface area contributed by atoms with E-state index >= 15 is 0 Å². The zero-order chi connectivity index (χ0) is 9.90. The maximum atomic E-state index is 5.96. The molecule has 0 aromatic rings. The first-order valence-electron chi connectivity index (χ1n) is 5.03. The summed E-state index contributed by atoms with van der Waals surface area (Å²) >= 11 is 0. The van der Waals surface area contributed by atoms with E-state index in [0.717, 1.165) is 6.42 Å². The Bertz CT molecular complexity index is 213. The van der Waals surface area contributed by atoms with E-state index in [4.69, 9.17) is 4.43 Å². The van der Waals surface area contributed by atoms with Gasteiger partial charge in [-0.3, -0.25) is 0 Å². The average molecular weight is 196 g/mol. The van der Waals surface area contributed by atoms with E-state index < -0.39 is 8.32 Å². The Kier molecular flexibility index (Phi) is 3.37. The third-order valence-electron chi connectivity index (χ3n) is 2.10. The van der Waals surface area contributed by atoms with Crippen LogP contribution in [0.4, 0.5) is 0 Å². The Labute approximate surface area is 82.6 Å². The summed E-state index contributed by atoms with van der Waals surface area (Å²) in [5.41, 5.74) is 0. The van der Waals surface area contributed by atoms with Crippen LogP contribution in [0.15, 0.2) is 24.5 Å². The summed E-state index contributed by atoms with van der Waals surface area (Å²) in [5, 5.41) is 0. The van der Waals surface area contributed by atoms with E-state index in [1.165, 1.54) is 18.6 Å². The lowest BCUT2D eigenvalue weighted by atomic mass is 9.95. The minimum absolute atomic E-state index is 0.542. The van der Waals surface area contributed by atoms with Gasteiger partial charge in [-0.1, -0.05) is 6.08 Å². The first-order chi connectivity index (χ1) is 6.01. The van der Waals surface area contributed by atoms with Crippen LogP contribution in [0.25, 0.3) is 0 Å². The molecule has 1 aliphatic rings. The van der Waals surface area contributed by atoms with Crippen molar-refractivity contribution in [2.45, 2.75) is 38.9 Å². The molecule has 1 aliphatic carbocycles. The van der Waals surface area contributed by atoms with Gasteiger partial charge >= 0.3 is 0 Å². The van der Waals surface area contributed by atoms with Gasteiger partial charge in [-0.15, -0.1) is 6.58 Å². The molecule has 0 amide bonds. The summed E-state index contributed by atoms with van der Waals surface area (Å²) in [6, 6.07) is 0. The molecule has 1 rings (SSSR count). The molecule has 0 fully saturated rings. The van der Waals surface area contributed by atoms with Gasteiger partial charge in [0.05, 0.1) is 5.76 Å². The molecule has 1 nitrogen and oxygen atoms in total. The third kappa shape index (κ3) is 3.81. The zero-order valence-corrected chi connectivity index (χ0v) is 9.97. The molecule has 0 aliphatic heterocycles. The van der Waals surface area contributed by atoms with Crippen molar-refractivity contribution in [2.24, 2.45) is 5.92 Å². The standard InChI is InChI=1S/C11H20OSi/c1-5-10-7-6-8-11(9-10)12-13(2,3)4/h5,9-10H,1,6-8H2,2-4H3/t10-/m1/s1. The van der Waals surface area contributed by atoms with E-state index in [0.29, 0.717) is 5.92 Å². The van der Waals surface area contributed by atoms with Gasteiger partial charge in [0.25, 0.3) is 0 Å². The monoisotopic (exact) mass is 196 g/mol. The zero-order valence-electron chi connectivity index (χ0n) is 8.97. The van der Waals surface area contributed by atoms with Crippen LogP contribution in [0, 0.1) is 5.92 Å². The van der Waals surface area contributed by atoms with Crippen LogP contribution < -0.4 is 0 Å². The largest absolute Gasteiger partial charge is 0.548 e. The summed E-state index contributed by atoms with van der Waals surface area (Å²) in [5.74, 6) is 1.75. The summed E-state index contributed by atoms with van der Waals surface area (Å²) in [6.45, 7) is 10.5. The van der Waals surface area contributed by atoms with Crippen LogP contribution in [0.3, 0.4) is 0 Å². The van der Waals surface area contributed by atoms with Gasteiger partial charge in [0.2, 0.25) is 8.32 Å². The molecular formula is C11H20OSi. The molecule has 0 spiro atoms. The van der Waals surface area contributed by atoms with E-state index in [-0.39, 0.29) is 0 Å². The molecule has 0 radical (unpaired) electrons. The Morgan fingerprint density at radius 1 is 1.54 bits per heavy atom. The van der Waals surface area contributed by atoms with E-state index in [1.807, 2.05) is 6.08 Å². The van der Waals surface area contributed by atoms with Crippen LogP contribution in [-0.2, 0) is 4.43 Å². The molecule has 0 N–H and O–H groups in total. The fourth-order valence-corrected chi connectivity index (χ4v) is 2.54. The van der Waals surface area contributed by atoms with E-state index in [1.54, 1.807) is 0 Å². The van der Waals surface area contributed by atoms with Crippen LogP contribution in [0.5, 0.6) is 0 Å². The summed E-state index contributed by atoms with van der Waals surface area (Å²) in [4.78, 5) is 0. The van der Waals surface area contributed by atoms with Crippen LogP contribution in [-0.4, -0.2) is 8.32 Å². The molecule has 74 valence electrons. The summed E-state index contributed by atoms with van der Waals surface area (Å²) < 4.78 is 5.96. The molecule has 0 unspecified atom stereocenters. The number of allylic oxidation sites excluding steroid dienone is 3. The predicted molar refractivity (Wildman–Crippen MR) is 60.1 cm³/mol. The van der Waals surface area contributed by atoms with Gasteiger partial charge in [-0.2, -0.15) is 0 Å². The highest BCUT2D eigenvalue weighted by molar-refractivity contribution is 6.70. The highest BCUT2D eigenvalue weighted by atomic mass is 28.4. The van der Waals surface area contributed by atoms with Crippen molar-refractivity contribution in [3.63, 3.8) is 0 Å². The van der Waals surface area contributed by atoms with Crippen LogP contribution in [0.2, 0.25) is 19.6 Å². The van der Waals surface area contributed by atoms with E-state index in [2.05, 4.69) is 32.3 Å². The molecule has 13 heavy (non-hydrogen) atoms. The van der Waals surface area contributed by atoms with Crippen molar-refractivity contribution in [1.29, 1.82) is 0 Å². The maximum Gasteiger partial charge on any atom is 0.241 e. The topological polar surface area (TPSA) is 9.23 Å². The first-order valence-corrected chi connectivity index (χ1v) is 8.44. The van der Waals surface area contributed by atoms with Crippen molar-refractivity contribution in [3.8, 4) is 0 Å². The lowest BCUT2D eigenvalue weighted by molar-refractivity contribution is 0.369. The smallest absolute Gasteiger partial charge is 0.241 e.